The molecule has 2 aromatic heterocycles. The van der Waals surface area contributed by atoms with Gasteiger partial charge in [0.15, 0.2) is 5.58 Å². The molecule has 0 aliphatic heterocycles. The van der Waals surface area contributed by atoms with Gasteiger partial charge in [-0.1, -0.05) is 121 Å². The zero-order chi connectivity index (χ0) is 29.3. The molecule has 2 heterocycles. The predicted octanol–water partition coefficient (Wildman–Crippen LogP) is 11.5. The second kappa shape index (κ2) is 11.0. The molecular weight excluding hydrogens is 536 g/mol. The van der Waals surface area contributed by atoms with Crippen LogP contribution in [0.25, 0.3) is 55.3 Å². The third-order valence-corrected chi connectivity index (χ3v) is 8.20. The van der Waals surface area contributed by atoms with Gasteiger partial charge in [-0.05, 0) is 69.8 Å². The molecule has 208 valence electrons. The van der Waals surface area contributed by atoms with Gasteiger partial charge in [0.25, 0.3) is 0 Å². The fraction of sp³-hybridized carbons (Fsp3) is 0. The van der Waals surface area contributed by atoms with Crippen LogP contribution in [-0.2, 0) is 0 Å². The highest BCUT2D eigenvalue weighted by molar-refractivity contribution is 6.10. The molecule has 0 fully saturated rings. The summed E-state index contributed by atoms with van der Waals surface area (Å²) in [6.45, 7) is 0. The average Bonchev–Trinajstić information content (AvgIpc) is 3.50. The largest absolute Gasteiger partial charge is 0.454 e. The van der Waals surface area contributed by atoms with E-state index in [-0.39, 0.29) is 0 Å². The topological polar surface area (TPSA) is 29.3 Å². The van der Waals surface area contributed by atoms with Crippen molar-refractivity contribution in [3.05, 3.63) is 170 Å². The maximum absolute atomic E-state index is 6.46. The van der Waals surface area contributed by atoms with Crippen LogP contribution in [0.3, 0.4) is 0 Å². The minimum Gasteiger partial charge on any atom is -0.454 e. The Bertz CT molecular complexity index is 2180. The summed E-state index contributed by atoms with van der Waals surface area (Å²) in [6.07, 6.45) is 3.65. The molecule has 0 spiro atoms. The van der Waals surface area contributed by atoms with E-state index in [1.54, 1.807) is 6.20 Å². The van der Waals surface area contributed by atoms with Crippen LogP contribution in [0.15, 0.2) is 175 Å². The molecule has 3 nitrogen and oxygen atoms in total. The summed E-state index contributed by atoms with van der Waals surface area (Å²) in [7, 11) is 0. The molecule has 0 atom stereocenters. The first-order chi connectivity index (χ1) is 21.8. The number of fused-ring (bicyclic) bond motifs is 3. The lowest BCUT2D eigenvalue weighted by Crippen LogP contribution is -2.10. The number of hydrogen-bond donors (Lipinski definition) is 0. The van der Waals surface area contributed by atoms with Gasteiger partial charge in [-0.3, -0.25) is 4.98 Å². The summed E-state index contributed by atoms with van der Waals surface area (Å²) < 4.78 is 6.46. The van der Waals surface area contributed by atoms with Crippen molar-refractivity contribution in [3.8, 4) is 33.4 Å². The molecule has 6 aromatic carbocycles. The Kier molecular flexibility index (Phi) is 6.47. The Morgan fingerprint density at radius 1 is 0.409 bits per heavy atom. The number of nitrogens with zero attached hydrogens (tertiary/aromatic N) is 2. The van der Waals surface area contributed by atoms with Crippen LogP contribution in [0.1, 0.15) is 0 Å². The van der Waals surface area contributed by atoms with Crippen molar-refractivity contribution in [1.29, 1.82) is 0 Å². The van der Waals surface area contributed by atoms with Crippen molar-refractivity contribution in [2.75, 3.05) is 4.90 Å². The molecule has 0 radical (unpaired) electrons. The third kappa shape index (κ3) is 4.71. The molecule has 8 aromatic rings. The van der Waals surface area contributed by atoms with Crippen LogP contribution in [0.4, 0.5) is 17.1 Å². The predicted molar refractivity (Wildman–Crippen MR) is 183 cm³/mol. The summed E-state index contributed by atoms with van der Waals surface area (Å²) in [5.41, 5.74) is 11.9. The summed E-state index contributed by atoms with van der Waals surface area (Å²) in [5.74, 6) is 0. The molecule has 44 heavy (non-hydrogen) atoms. The van der Waals surface area contributed by atoms with Gasteiger partial charge in [0.1, 0.15) is 5.58 Å². The molecule has 3 heteroatoms. The first kappa shape index (κ1) is 25.8. The molecular formula is C41H28N2O. The van der Waals surface area contributed by atoms with Crippen molar-refractivity contribution in [1.82, 2.24) is 4.98 Å². The Morgan fingerprint density at radius 3 is 1.41 bits per heavy atom. The number of hydrogen-bond acceptors (Lipinski definition) is 3. The lowest BCUT2D eigenvalue weighted by atomic mass is 10.00. The summed E-state index contributed by atoms with van der Waals surface area (Å²) in [6, 6.07) is 55.5. The second-order valence-electron chi connectivity index (χ2n) is 10.9. The number of aromatic nitrogens is 1. The molecule has 0 amide bonds. The minimum atomic E-state index is 0.830. The number of furan rings is 1. The van der Waals surface area contributed by atoms with E-state index in [0.717, 1.165) is 39.0 Å². The zero-order valence-electron chi connectivity index (χ0n) is 24.0. The lowest BCUT2D eigenvalue weighted by Gasteiger charge is -2.26. The number of anilines is 3. The lowest BCUT2D eigenvalue weighted by molar-refractivity contribution is 0.668. The Hall–Kier alpha value is -5.93. The molecule has 0 saturated heterocycles. The SMILES string of the molecule is c1ccc(-c2ccc(-c3ccc(N(c4ccc(-c5ccccc5)cc4)c4cccc5c4oc4ccncc45)cc3)cc2)cc1. The second-order valence-corrected chi connectivity index (χ2v) is 10.9. The highest BCUT2D eigenvalue weighted by Crippen LogP contribution is 2.42. The van der Waals surface area contributed by atoms with Crippen molar-refractivity contribution >= 4 is 39.0 Å². The van der Waals surface area contributed by atoms with E-state index in [1.165, 1.54) is 33.4 Å². The number of rotatable bonds is 6. The molecule has 0 N–H and O–H groups in total. The Morgan fingerprint density at radius 2 is 0.886 bits per heavy atom. The van der Waals surface area contributed by atoms with Gasteiger partial charge < -0.3 is 9.32 Å². The van der Waals surface area contributed by atoms with E-state index in [4.69, 9.17) is 4.42 Å². The number of benzene rings is 6. The summed E-state index contributed by atoms with van der Waals surface area (Å²) >= 11 is 0. The van der Waals surface area contributed by atoms with E-state index < -0.39 is 0 Å². The van der Waals surface area contributed by atoms with E-state index in [1.807, 2.05) is 24.4 Å². The van der Waals surface area contributed by atoms with Crippen LogP contribution in [0, 0.1) is 0 Å². The van der Waals surface area contributed by atoms with Crippen molar-refractivity contribution in [3.63, 3.8) is 0 Å². The number of para-hydroxylation sites is 1. The Labute approximate surface area is 256 Å². The number of pyridine rings is 1. The highest BCUT2D eigenvalue weighted by Gasteiger charge is 2.19. The van der Waals surface area contributed by atoms with Crippen LogP contribution in [-0.4, -0.2) is 4.98 Å². The minimum absolute atomic E-state index is 0.830. The first-order valence-electron chi connectivity index (χ1n) is 14.8. The van der Waals surface area contributed by atoms with E-state index in [9.17, 15) is 0 Å². The molecule has 8 rings (SSSR count). The monoisotopic (exact) mass is 564 g/mol. The molecule has 0 saturated carbocycles. The fourth-order valence-corrected chi connectivity index (χ4v) is 5.95. The van der Waals surface area contributed by atoms with Gasteiger partial charge in [0.2, 0.25) is 0 Å². The van der Waals surface area contributed by atoms with Crippen molar-refractivity contribution in [2.24, 2.45) is 0 Å². The quantitative estimate of drug-likeness (QED) is 0.201. The van der Waals surface area contributed by atoms with Gasteiger partial charge >= 0.3 is 0 Å². The fourth-order valence-electron chi connectivity index (χ4n) is 5.95. The summed E-state index contributed by atoms with van der Waals surface area (Å²) in [4.78, 5) is 6.63. The summed E-state index contributed by atoms with van der Waals surface area (Å²) in [5, 5.41) is 2.06. The molecule has 0 bridgehead atoms. The van der Waals surface area contributed by atoms with Gasteiger partial charge in [0.05, 0.1) is 5.69 Å². The smallest absolute Gasteiger partial charge is 0.159 e. The zero-order valence-corrected chi connectivity index (χ0v) is 24.0. The van der Waals surface area contributed by atoms with Gasteiger partial charge in [-0.15, -0.1) is 0 Å². The average molecular weight is 565 g/mol. The van der Waals surface area contributed by atoms with Gasteiger partial charge in [0, 0.05) is 34.5 Å². The molecule has 0 aliphatic rings. The highest BCUT2D eigenvalue weighted by atomic mass is 16.3. The maximum Gasteiger partial charge on any atom is 0.159 e. The molecule has 0 aliphatic carbocycles. The van der Waals surface area contributed by atoms with E-state index >= 15 is 0 Å². The van der Waals surface area contributed by atoms with Crippen LogP contribution in [0.2, 0.25) is 0 Å². The normalized spacial score (nSPS) is 11.2. The van der Waals surface area contributed by atoms with E-state index in [2.05, 4.69) is 149 Å². The van der Waals surface area contributed by atoms with E-state index in [0.29, 0.717) is 0 Å². The van der Waals surface area contributed by atoms with Crippen LogP contribution >= 0.6 is 0 Å². The first-order valence-corrected chi connectivity index (χ1v) is 14.8. The molecule has 0 unspecified atom stereocenters. The third-order valence-electron chi connectivity index (χ3n) is 8.20. The standard InChI is InChI=1S/C41H28N2O/c1-3-8-29(9-4-1)31-14-16-32(17-15-31)34-20-24-36(25-21-34)43(35-22-18-33(19-23-35)30-10-5-2-6-11-30)39-13-7-12-37-38-28-42-27-26-40(38)44-41(37)39/h1-28H. The van der Waals surface area contributed by atoms with Gasteiger partial charge in [-0.2, -0.15) is 0 Å². The van der Waals surface area contributed by atoms with Crippen LogP contribution < -0.4 is 4.90 Å². The van der Waals surface area contributed by atoms with Crippen molar-refractivity contribution < 1.29 is 4.42 Å². The maximum atomic E-state index is 6.46. The van der Waals surface area contributed by atoms with Crippen LogP contribution in [0.5, 0.6) is 0 Å². The van der Waals surface area contributed by atoms with Gasteiger partial charge in [-0.25, -0.2) is 0 Å². The Balaban J connectivity index is 1.21. The van der Waals surface area contributed by atoms with Crippen molar-refractivity contribution in [2.45, 2.75) is 0 Å².